The van der Waals surface area contributed by atoms with Gasteiger partial charge in [0, 0.05) is 12.6 Å². The normalized spacial score (nSPS) is 20.9. The van der Waals surface area contributed by atoms with E-state index in [9.17, 15) is 19.2 Å². The number of nitrogens with one attached hydrogen (secondary N) is 4. The lowest BCUT2D eigenvalue weighted by Gasteiger charge is -2.37. The third-order valence-corrected chi connectivity index (χ3v) is 13.7. The number of benzene rings is 3. The van der Waals surface area contributed by atoms with Crippen molar-refractivity contribution in [1.29, 1.82) is 0 Å². The van der Waals surface area contributed by atoms with Gasteiger partial charge in [-0.25, -0.2) is 19.6 Å². The number of methoxy groups -OCH3 is 2. The average Bonchev–Trinajstić information content (AvgIpc) is 4.14. The molecule has 332 valence electrons. The monoisotopic (exact) mass is 856 g/mol. The molecule has 9 rings (SSSR count). The second-order valence-electron chi connectivity index (χ2n) is 18.1. The molecule has 4 amide bonds. The van der Waals surface area contributed by atoms with Crippen LogP contribution in [0.4, 0.5) is 9.59 Å². The van der Waals surface area contributed by atoms with Gasteiger partial charge in [0.25, 0.3) is 0 Å². The van der Waals surface area contributed by atoms with E-state index in [2.05, 4.69) is 75.2 Å². The molecule has 2 aromatic heterocycles. The van der Waals surface area contributed by atoms with Crippen LogP contribution >= 0.6 is 0 Å². The standard InChI is InChI=1S/C48H56N8O6.CH4/c1-25(2)40(53-47(59)61-5)45(57)55-19-7-8-39(55)43-49-24-38(52-43)31-13-17-35-30(21-31)10-9-29-20-27(12-16-34(29)35)28-14-18-36-37(23-28)51-44(50-36)42-32-11-15-33(22-32)56(42)46(58)41(26(3)4)54-48(60)62-6;/h12-14,16-18,20-21,23-26,32-33,39-42H,7-11,15,19,22H2,1-6H3,(H,49,52)(H,50,51)(H,53,59)(H,54,60);1H4/t32-,33+,39-,40-,41-,42-;/m0./s1. The van der Waals surface area contributed by atoms with Crippen molar-refractivity contribution in [3.05, 3.63) is 83.6 Å². The summed E-state index contributed by atoms with van der Waals surface area (Å²) in [4.78, 5) is 72.7. The first-order chi connectivity index (χ1) is 29.9. The molecular weight excluding hydrogens is 797 g/mol. The number of fused-ring (bicyclic) bond motifs is 6. The van der Waals surface area contributed by atoms with Gasteiger partial charge in [0.2, 0.25) is 11.8 Å². The number of carbonyl (C=O) groups excluding carboxylic acids is 4. The van der Waals surface area contributed by atoms with Gasteiger partial charge in [0.15, 0.2) is 0 Å². The molecule has 14 nitrogen and oxygen atoms in total. The number of imidazole rings is 2. The summed E-state index contributed by atoms with van der Waals surface area (Å²) in [5, 5.41) is 5.50. The first-order valence-electron chi connectivity index (χ1n) is 22.1. The van der Waals surface area contributed by atoms with Crippen LogP contribution in [-0.4, -0.2) is 92.6 Å². The molecular formula is C49H60N8O6. The summed E-state index contributed by atoms with van der Waals surface area (Å²) in [5.41, 5.74) is 11.0. The minimum absolute atomic E-state index is 0. The summed E-state index contributed by atoms with van der Waals surface area (Å²) < 4.78 is 9.64. The second-order valence-corrected chi connectivity index (χ2v) is 18.1. The fourth-order valence-corrected chi connectivity index (χ4v) is 10.5. The Morgan fingerprint density at radius 3 is 2.03 bits per heavy atom. The molecule has 2 bridgehead atoms. The van der Waals surface area contributed by atoms with Crippen LogP contribution in [0, 0.1) is 17.8 Å². The van der Waals surface area contributed by atoms with Gasteiger partial charge < -0.3 is 39.9 Å². The molecule has 0 spiro atoms. The van der Waals surface area contributed by atoms with Crippen molar-refractivity contribution in [2.75, 3.05) is 20.8 Å². The van der Waals surface area contributed by atoms with E-state index < -0.39 is 24.3 Å². The molecule has 4 N–H and O–H groups in total. The SMILES string of the molecule is C.COC(=O)N[C@H](C(=O)N1CCC[C@H]1c1ncc(-c2ccc3c(c2)CCc2cc(-c4ccc5nc([C@@H]6[C@H]7CC[C@H](C7)N6C(=O)[C@@H](NC(=O)OC)C(C)C)[nH]c5c4)ccc2-3)[nH]1)C(C)C. The number of rotatable bonds is 10. The number of nitrogens with zero attached hydrogens (tertiary/aromatic N) is 4. The van der Waals surface area contributed by atoms with Crippen molar-refractivity contribution in [1.82, 2.24) is 40.4 Å². The number of alkyl carbamates (subject to hydrolysis) is 2. The molecule has 1 saturated carbocycles. The molecule has 2 aliphatic carbocycles. The maximum Gasteiger partial charge on any atom is 0.407 e. The Morgan fingerprint density at radius 1 is 0.746 bits per heavy atom. The number of piperidine rings is 1. The predicted molar refractivity (Wildman–Crippen MR) is 241 cm³/mol. The van der Waals surface area contributed by atoms with Crippen molar-refractivity contribution >= 4 is 35.0 Å². The largest absolute Gasteiger partial charge is 0.453 e. The Morgan fingerprint density at radius 2 is 1.37 bits per heavy atom. The highest BCUT2D eigenvalue weighted by Gasteiger charge is 2.51. The van der Waals surface area contributed by atoms with Crippen molar-refractivity contribution in [2.24, 2.45) is 17.8 Å². The van der Waals surface area contributed by atoms with E-state index in [1.165, 1.54) is 36.5 Å². The molecule has 2 saturated heterocycles. The number of hydrogen-bond acceptors (Lipinski definition) is 8. The van der Waals surface area contributed by atoms with Gasteiger partial charge in [-0.3, -0.25) is 9.59 Å². The van der Waals surface area contributed by atoms with E-state index in [0.717, 1.165) is 90.0 Å². The van der Waals surface area contributed by atoms with E-state index in [1.807, 2.05) is 43.7 Å². The zero-order valence-corrected chi connectivity index (χ0v) is 36.3. The van der Waals surface area contributed by atoms with E-state index in [-0.39, 0.29) is 49.2 Å². The van der Waals surface area contributed by atoms with E-state index in [0.29, 0.717) is 12.5 Å². The van der Waals surface area contributed by atoms with Crippen LogP contribution in [0.5, 0.6) is 0 Å². The molecule has 63 heavy (non-hydrogen) atoms. The van der Waals surface area contributed by atoms with Crippen LogP contribution in [0.25, 0.3) is 44.5 Å². The lowest BCUT2D eigenvalue weighted by atomic mass is 9.83. The number of likely N-dealkylation sites (tertiary alicyclic amines) is 2. The number of H-pyrrole nitrogens is 2. The zero-order valence-electron chi connectivity index (χ0n) is 36.3. The third kappa shape index (κ3) is 8.04. The first-order valence-corrected chi connectivity index (χ1v) is 22.1. The molecule has 4 heterocycles. The summed E-state index contributed by atoms with van der Waals surface area (Å²) in [7, 11) is 2.61. The van der Waals surface area contributed by atoms with Gasteiger partial charge in [0.1, 0.15) is 23.7 Å². The Kier molecular flexibility index (Phi) is 12.1. The number of hydrogen-bond donors (Lipinski definition) is 4. The van der Waals surface area contributed by atoms with Gasteiger partial charge in [-0.05, 0) is 120 Å². The van der Waals surface area contributed by atoms with Gasteiger partial charge in [-0.2, -0.15) is 0 Å². The molecule has 2 aliphatic heterocycles. The fourth-order valence-electron chi connectivity index (χ4n) is 10.5. The number of ether oxygens (including phenoxy) is 2. The molecule has 5 aromatic rings. The van der Waals surface area contributed by atoms with Crippen molar-refractivity contribution in [3.8, 4) is 33.5 Å². The third-order valence-electron chi connectivity index (χ3n) is 13.7. The van der Waals surface area contributed by atoms with E-state index in [4.69, 9.17) is 19.4 Å². The van der Waals surface area contributed by atoms with Gasteiger partial charge in [-0.1, -0.05) is 71.5 Å². The van der Waals surface area contributed by atoms with Crippen LogP contribution in [0.15, 0.2) is 60.8 Å². The molecule has 3 aromatic carbocycles. The highest BCUT2D eigenvalue weighted by Crippen LogP contribution is 2.50. The quantitative estimate of drug-likeness (QED) is 0.108. The molecule has 0 unspecified atom stereocenters. The smallest absolute Gasteiger partial charge is 0.407 e. The Bertz CT molecular complexity index is 2540. The van der Waals surface area contributed by atoms with Gasteiger partial charge in [-0.15, -0.1) is 0 Å². The van der Waals surface area contributed by atoms with Gasteiger partial charge >= 0.3 is 12.2 Å². The van der Waals surface area contributed by atoms with Crippen LogP contribution < -0.4 is 10.6 Å². The summed E-state index contributed by atoms with van der Waals surface area (Å²) >= 11 is 0. The molecule has 0 radical (unpaired) electrons. The summed E-state index contributed by atoms with van der Waals surface area (Å²) in [6.45, 7) is 8.31. The summed E-state index contributed by atoms with van der Waals surface area (Å²) in [6.07, 6.45) is 7.04. The highest BCUT2D eigenvalue weighted by molar-refractivity contribution is 5.88. The first kappa shape index (κ1) is 43.5. The number of carbonyl (C=O) groups is 4. The van der Waals surface area contributed by atoms with Crippen molar-refractivity contribution < 1.29 is 28.7 Å². The van der Waals surface area contributed by atoms with Crippen molar-refractivity contribution in [3.63, 3.8) is 0 Å². The minimum atomic E-state index is -0.683. The van der Waals surface area contributed by atoms with Crippen LogP contribution in [0.2, 0.25) is 0 Å². The topological polar surface area (TPSA) is 175 Å². The van der Waals surface area contributed by atoms with E-state index in [1.54, 1.807) is 0 Å². The molecule has 4 aliphatic rings. The summed E-state index contributed by atoms with van der Waals surface area (Å²) in [6, 6.07) is 18.1. The summed E-state index contributed by atoms with van der Waals surface area (Å²) in [5.74, 6) is 1.45. The minimum Gasteiger partial charge on any atom is -0.453 e. The molecule has 3 fully saturated rings. The predicted octanol–water partition coefficient (Wildman–Crippen LogP) is 8.50. The van der Waals surface area contributed by atoms with Crippen LogP contribution in [0.3, 0.4) is 0 Å². The fraction of sp³-hybridized carbons (Fsp3) is 0.469. The van der Waals surface area contributed by atoms with Gasteiger partial charge in [0.05, 0.1) is 49.2 Å². The van der Waals surface area contributed by atoms with E-state index >= 15 is 0 Å². The average molecular weight is 857 g/mol. The highest BCUT2D eigenvalue weighted by atomic mass is 16.5. The Labute approximate surface area is 368 Å². The van der Waals surface area contributed by atoms with Crippen LogP contribution in [-0.2, 0) is 31.9 Å². The lowest BCUT2D eigenvalue weighted by Crippen LogP contribution is -2.54. The molecule has 6 atom stereocenters. The Hall–Kier alpha value is -6.18. The zero-order chi connectivity index (χ0) is 43.4. The second kappa shape index (κ2) is 17.5. The maximum atomic E-state index is 14.1. The Balaban J connectivity index is 0.00000544. The molecule has 14 heteroatoms. The number of amides is 4. The maximum absolute atomic E-state index is 14.1. The number of aromatic nitrogens is 4. The van der Waals surface area contributed by atoms with Crippen molar-refractivity contribution in [2.45, 2.75) is 110 Å². The number of aryl methyl sites for hydroxylation is 2. The van der Waals surface area contributed by atoms with Crippen LogP contribution in [0.1, 0.15) is 102 Å². The lowest BCUT2D eigenvalue weighted by molar-refractivity contribution is -0.139. The number of aromatic amines is 2.